The molecular weight excluding hydrogens is 371 g/mol. The fourth-order valence-electron chi connectivity index (χ4n) is 2.59. The smallest absolute Gasteiger partial charge is 0.458 e. The molecule has 3 nitrogen and oxygen atoms in total. The number of ether oxygens (including phenoxy) is 1. The topological polar surface area (TPSA) is 39.4 Å². The van der Waals surface area contributed by atoms with Gasteiger partial charge in [-0.15, -0.1) is 0 Å². The number of benzene rings is 2. The van der Waals surface area contributed by atoms with Gasteiger partial charge < -0.3 is 9.15 Å². The van der Waals surface area contributed by atoms with Gasteiger partial charge >= 0.3 is 17.7 Å². The van der Waals surface area contributed by atoms with Crippen LogP contribution < -0.4 is 10.4 Å². The van der Waals surface area contributed by atoms with Crippen molar-refractivity contribution in [3.05, 3.63) is 77.4 Å². The predicted molar refractivity (Wildman–Crippen MR) is 88.7 cm³/mol. The number of rotatable bonds is 4. The van der Waals surface area contributed by atoms with E-state index >= 15 is 0 Å². The van der Waals surface area contributed by atoms with Crippen LogP contribution in [0.3, 0.4) is 0 Å². The number of fused-ring (bicyclic) bond motifs is 1. The molecule has 0 fully saturated rings. The third kappa shape index (κ3) is 3.30. The van der Waals surface area contributed by atoms with E-state index in [1.54, 1.807) is 0 Å². The first-order valence-electron chi connectivity index (χ1n) is 7.55. The van der Waals surface area contributed by atoms with Crippen LogP contribution in [-0.4, -0.2) is 6.18 Å². The highest BCUT2D eigenvalue weighted by Crippen LogP contribution is 2.46. The fraction of sp³-hybridized carbons (Fsp3) is 0.105. The third-order valence-corrected chi connectivity index (χ3v) is 3.84. The van der Waals surface area contributed by atoms with Gasteiger partial charge in [0.25, 0.3) is 0 Å². The predicted octanol–water partition coefficient (Wildman–Crippen LogP) is 5.64. The Morgan fingerprint density at radius 1 is 0.963 bits per heavy atom. The van der Waals surface area contributed by atoms with E-state index in [0.717, 1.165) is 18.4 Å². The molecule has 3 aromatic rings. The van der Waals surface area contributed by atoms with E-state index in [1.807, 2.05) is 0 Å². The lowest BCUT2D eigenvalue weighted by molar-refractivity contribution is -0.289. The average Bonchev–Trinajstić information content (AvgIpc) is 2.60. The first-order valence-corrected chi connectivity index (χ1v) is 7.55. The molecule has 0 N–H and O–H groups in total. The van der Waals surface area contributed by atoms with E-state index in [0.29, 0.717) is 17.2 Å². The molecule has 1 aromatic heterocycles. The van der Waals surface area contributed by atoms with Crippen LogP contribution in [-0.2, 0) is 5.92 Å². The maximum absolute atomic E-state index is 13.9. The van der Waals surface area contributed by atoms with Gasteiger partial charge in [-0.3, -0.25) is 0 Å². The highest BCUT2D eigenvalue weighted by molar-refractivity contribution is 5.83. The molecule has 0 saturated heterocycles. The Balaban J connectivity index is 2.22. The van der Waals surface area contributed by atoms with Crippen molar-refractivity contribution in [2.75, 3.05) is 0 Å². The summed E-state index contributed by atoms with van der Waals surface area (Å²) in [6.07, 6.45) is -4.65. The summed E-state index contributed by atoms with van der Waals surface area (Å²) in [5, 5.41) is 0.325. The largest absolute Gasteiger partial charge is 0.465 e. The monoisotopic (exact) mass is 382 g/mol. The second-order valence-corrected chi connectivity index (χ2v) is 5.55. The minimum atomic E-state index is -5.81. The van der Waals surface area contributed by atoms with Crippen LogP contribution in [0, 0.1) is 0 Å². The maximum Gasteiger partial charge on any atom is 0.458 e. The summed E-state index contributed by atoms with van der Waals surface area (Å²) >= 11 is 0. The molecule has 27 heavy (non-hydrogen) atoms. The van der Waals surface area contributed by atoms with Crippen LogP contribution in [0.2, 0.25) is 0 Å². The lowest BCUT2D eigenvalue weighted by Crippen LogP contribution is -2.34. The molecule has 3 rings (SSSR count). The van der Waals surface area contributed by atoms with Crippen LogP contribution in [0.15, 0.2) is 70.6 Å². The van der Waals surface area contributed by atoms with Crippen LogP contribution in [0.1, 0.15) is 5.56 Å². The Kier molecular flexibility index (Phi) is 4.51. The van der Waals surface area contributed by atoms with Gasteiger partial charge in [-0.25, -0.2) is 4.79 Å². The highest BCUT2D eigenvalue weighted by Gasteiger charge is 2.59. The van der Waals surface area contributed by atoms with Gasteiger partial charge in [0, 0.05) is 17.0 Å². The standard InChI is InChI=1S/C19H11F5O3/c1-2-26-12-8-7-11-9-14(17(25)27-16(11)10-12)13-5-3-4-6-15(13)18(20,21)19(22,23)24/h2-10H,1H2. The van der Waals surface area contributed by atoms with Crippen LogP contribution in [0.5, 0.6) is 5.75 Å². The van der Waals surface area contributed by atoms with Crippen molar-refractivity contribution in [1.82, 2.24) is 0 Å². The van der Waals surface area contributed by atoms with Crippen molar-refractivity contribution in [1.29, 1.82) is 0 Å². The molecule has 0 atom stereocenters. The molecule has 0 saturated carbocycles. The lowest BCUT2D eigenvalue weighted by atomic mass is 9.95. The molecule has 0 radical (unpaired) electrons. The number of alkyl halides is 5. The Morgan fingerprint density at radius 3 is 2.33 bits per heavy atom. The van der Waals surface area contributed by atoms with Gasteiger partial charge in [-0.2, -0.15) is 22.0 Å². The van der Waals surface area contributed by atoms with Crippen molar-refractivity contribution in [2.45, 2.75) is 12.1 Å². The molecule has 8 heteroatoms. The molecule has 0 aliphatic heterocycles. The number of hydrogen-bond donors (Lipinski definition) is 0. The fourth-order valence-corrected chi connectivity index (χ4v) is 2.59. The summed E-state index contributed by atoms with van der Waals surface area (Å²) in [6.45, 7) is 3.38. The minimum absolute atomic E-state index is 0.0863. The number of hydrogen-bond acceptors (Lipinski definition) is 3. The van der Waals surface area contributed by atoms with Gasteiger partial charge in [0.1, 0.15) is 11.3 Å². The van der Waals surface area contributed by atoms with Gasteiger partial charge in [-0.05, 0) is 23.8 Å². The first kappa shape index (κ1) is 18.6. The molecule has 0 unspecified atom stereocenters. The highest BCUT2D eigenvalue weighted by atomic mass is 19.4. The zero-order chi connectivity index (χ0) is 19.8. The Morgan fingerprint density at radius 2 is 1.67 bits per heavy atom. The molecule has 0 amide bonds. The zero-order valence-electron chi connectivity index (χ0n) is 13.5. The number of halogens is 5. The average molecular weight is 382 g/mol. The van der Waals surface area contributed by atoms with Crippen molar-refractivity contribution >= 4 is 11.0 Å². The Hall–Kier alpha value is -3.16. The van der Waals surface area contributed by atoms with Gasteiger partial charge in [0.15, 0.2) is 0 Å². The summed E-state index contributed by atoms with van der Waals surface area (Å²) in [4.78, 5) is 12.3. The SMILES string of the molecule is C=COc1ccc2cc(-c3ccccc3C(F)(F)C(F)(F)F)c(=O)oc2c1. The van der Waals surface area contributed by atoms with Crippen LogP contribution >= 0.6 is 0 Å². The molecule has 0 bridgehead atoms. The lowest BCUT2D eigenvalue weighted by Gasteiger charge is -2.22. The van der Waals surface area contributed by atoms with Crippen molar-refractivity contribution in [3.63, 3.8) is 0 Å². The molecule has 1 heterocycles. The summed E-state index contributed by atoms with van der Waals surface area (Å²) in [6, 6.07) is 9.50. The molecule has 2 aromatic carbocycles. The molecular formula is C19H11F5O3. The van der Waals surface area contributed by atoms with E-state index in [-0.39, 0.29) is 5.58 Å². The van der Waals surface area contributed by atoms with Gasteiger partial charge in [0.2, 0.25) is 0 Å². The van der Waals surface area contributed by atoms with E-state index in [4.69, 9.17) is 9.15 Å². The van der Waals surface area contributed by atoms with Crippen LogP contribution in [0.4, 0.5) is 22.0 Å². The quantitative estimate of drug-likeness (QED) is 0.333. The second kappa shape index (κ2) is 6.53. The summed E-state index contributed by atoms with van der Waals surface area (Å²) in [5.41, 5.74) is -3.25. The zero-order valence-corrected chi connectivity index (χ0v) is 13.5. The van der Waals surface area contributed by atoms with E-state index in [1.165, 1.54) is 30.3 Å². The molecule has 0 spiro atoms. The Labute approximate surface area is 149 Å². The van der Waals surface area contributed by atoms with Gasteiger partial charge in [0.05, 0.1) is 11.8 Å². The van der Waals surface area contributed by atoms with Gasteiger partial charge in [-0.1, -0.05) is 30.8 Å². The van der Waals surface area contributed by atoms with Crippen LogP contribution in [0.25, 0.3) is 22.1 Å². The maximum atomic E-state index is 13.9. The summed E-state index contributed by atoms with van der Waals surface area (Å²) in [5.74, 6) is -4.82. The van der Waals surface area contributed by atoms with Crippen molar-refractivity contribution in [3.8, 4) is 16.9 Å². The third-order valence-electron chi connectivity index (χ3n) is 3.84. The first-order chi connectivity index (χ1) is 12.6. The van der Waals surface area contributed by atoms with E-state index < -0.39 is 34.4 Å². The normalized spacial score (nSPS) is 12.2. The summed E-state index contributed by atoms with van der Waals surface area (Å²) < 4.78 is 76.4. The molecule has 140 valence electrons. The van der Waals surface area contributed by atoms with Crippen molar-refractivity contribution in [2.24, 2.45) is 0 Å². The van der Waals surface area contributed by atoms with E-state index in [9.17, 15) is 26.7 Å². The second-order valence-electron chi connectivity index (χ2n) is 5.55. The van der Waals surface area contributed by atoms with Crippen molar-refractivity contribution < 1.29 is 31.1 Å². The molecule has 0 aliphatic carbocycles. The Bertz CT molecular complexity index is 1070. The minimum Gasteiger partial charge on any atom is -0.465 e. The summed E-state index contributed by atoms with van der Waals surface area (Å²) in [7, 11) is 0. The molecule has 0 aliphatic rings. The van der Waals surface area contributed by atoms with E-state index in [2.05, 4.69) is 6.58 Å².